The van der Waals surface area contributed by atoms with Gasteiger partial charge in [0, 0.05) is 48.8 Å². The first-order valence-corrected chi connectivity index (χ1v) is 7.08. The first-order valence-electron chi connectivity index (χ1n) is 5.58. The summed E-state index contributed by atoms with van der Waals surface area (Å²) in [7, 11) is 0. The second kappa shape index (κ2) is 5.89. The van der Waals surface area contributed by atoms with E-state index in [9.17, 15) is 0 Å². The second-order valence-electron chi connectivity index (χ2n) is 4.00. The minimum absolute atomic E-state index is 0.820. The van der Waals surface area contributed by atoms with Gasteiger partial charge in [0.1, 0.15) is 0 Å². The zero-order valence-corrected chi connectivity index (χ0v) is 11.5. The van der Waals surface area contributed by atoms with E-state index >= 15 is 0 Å². The van der Waals surface area contributed by atoms with Crippen molar-refractivity contribution >= 4 is 33.2 Å². The van der Waals surface area contributed by atoms with E-state index in [1.54, 1.807) is 0 Å². The molecule has 0 aliphatic carbocycles. The third kappa shape index (κ3) is 3.12. The molecule has 1 aromatic carbocycles. The molecule has 0 amide bonds. The summed E-state index contributed by atoms with van der Waals surface area (Å²) in [5.74, 6) is 0. The highest BCUT2D eigenvalue weighted by molar-refractivity contribution is 9.09. The normalized spacial score (nSPS) is 17.8. The molecule has 1 aliphatic heterocycles. The van der Waals surface area contributed by atoms with E-state index < -0.39 is 0 Å². The lowest BCUT2D eigenvalue weighted by molar-refractivity contribution is 0.274. The highest BCUT2D eigenvalue weighted by atomic mass is 79.9. The van der Waals surface area contributed by atoms with E-state index in [0.29, 0.717) is 0 Å². The SMILES string of the molecule is Clc1cccc(N2CCN(CCBr)CC2)c1. The number of nitrogens with zero attached hydrogens (tertiary/aromatic N) is 2. The number of benzene rings is 1. The molecule has 2 nitrogen and oxygen atoms in total. The van der Waals surface area contributed by atoms with Crippen molar-refractivity contribution in [1.82, 2.24) is 4.90 Å². The van der Waals surface area contributed by atoms with Crippen LogP contribution >= 0.6 is 27.5 Å². The lowest BCUT2D eigenvalue weighted by Crippen LogP contribution is -2.46. The standard InChI is InChI=1S/C12H16BrClN2/c13-4-5-15-6-8-16(9-7-15)12-3-1-2-11(14)10-12/h1-3,10H,4-9H2. The first kappa shape index (κ1) is 12.2. The maximum Gasteiger partial charge on any atom is 0.0426 e. The van der Waals surface area contributed by atoms with Gasteiger partial charge in [0.2, 0.25) is 0 Å². The van der Waals surface area contributed by atoms with Crippen molar-refractivity contribution in [3.8, 4) is 0 Å². The third-order valence-corrected chi connectivity index (χ3v) is 3.54. The van der Waals surface area contributed by atoms with Gasteiger partial charge in [-0.2, -0.15) is 0 Å². The lowest BCUT2D eigenvalue weighted by atomic mass is 10.2. The fourth-order valence-electron chi connectivity index (χ4n) is 2.02. The number of halogens is 2. The van der Waals surface area contributed by atoms with Crippen molar-refractivity contribution < 1.29 is 0 Å². The molecule has 1 aromatic rings. The molecule has 0 radical (unpaired) electrons. The molecule has 4 heteroatoms. The lowest BCUT2D eigenvalue weighted by Gasteiger charge is -2.35. The van der Waals surface area contributed by atoms with E-state index in [-0.39, 0.29) is 0 Å². The Morgan fingerprint density at radius 3 is 2.56 bits per heavy atom. The Labute approximate surface area is 110 Å². The van der Waals surface area contributed by atoms with Crippen LogP contribution in [0.4, 0.5) is 5.69 Å². The zero-order chi connectivity index (χ0) is 11.4. The second-order valence-corrected chi connectivity index (χ2v) is 5.23. The molecule has 1 fully saturated rings. The van der Waals surface area contributed by atoms with Crippen LogP contribution in [-0.4, -0.2) is 43.0 Å². The molecule has 0 atom stereocenters. The van der Waals surface area contributed by atoms with Crippen LogP contribution in [0.25, 0.3) is 0 Å². The van der Waals surface area contributed by atoms with E-state index in [0.717, 1.165) is 43.1 Å². The quantitative estimate of drug-likeness (QED) is 0.792. The van der Waals surface area contributed by atoms with Gasteiger partial charge in [-0.1, -0.05) is 33.6 Å². The molecule has 2 rings (SSSR count). The molecule has 0 unspecified atom stereocenters. The Kier molecular flexibility index (Phi) is 4.50. The van der Waals surface area contributed by atoms with E-state index in [2.05, 4.69) is 31.8 Å². The fraction of sp³-hybridized carbons (Fsp3) is 0.500. The largest absolute Gasteiger partial charge is 0.369 e. The van der Waals surface area contributed by atoms with Crippen molar-refractivity contribution in [3.05, 3.63) is 29.3 Å². The van der Waals surface area contributed by atoms with Crippen molar-refractivity contribution in [3.63, 3.8) is 0 Å². The molecule has 0 saturated carbocycles. The summed E-state index contributed by atoms with van der Waals surface area (Å²) in [6.45, 7) is 5.60. The van der Waals surface area contributed by atoms with Crippen LogP contribution in [0.5, 0.6) is 0 Å². The maximum absolute atomic E-state index is 6.00. The van der Waals surface area contributed by atoms with Gasteiger partial charge in [-0.05, 0) is 18.2 Å². The molecule has 1 aliphatic rings. The fourth-order valence-corrected chi connectivity index (χ4v) is 2.71. The number of hydrogen-bond donors (Lipinski definition) is 0. The van der Waals surface area contributed by atoms with Crippen LogP contribution in [0.3, 0.4) is 0 Å². The smallest absolute Gasteiger partial charge is 0.0426 e. The van der Waals surface area contributed by atoms with Gasteiger partial charge in [-0.3, -0.25) is 4.90 Å². The maximum atomic E-state index is 6.00. The zero-order valence-electron chi connectivity index (χ0n) is 9.20. The molecule has 1 heterocycles. The predicted octanol–water partition coefficient (Wildman–Crippen LogP) is 2.86. The van der Waals surface area contributed by atoms with Gasteiger partial charge in [0.05, 0.1) is 0 Å². The molecular weight excluding hydrogens is 288 g/mol. The third-order valence-electron chi connectivity index (χ3n) is 2.95. The topological polar surface area (TPSA) is 6.48 Å². The van der Waals surface area contributed by atoms with E-state index in [4.69, 9.17) is 11.6 Å². The molecule has 0 bridgehead atoms. The van der Waals surface area contributed by atoms with Gasteiger partial charge < -0.3 is 4.90 Å². The summed E-state index contributed by atoms with van der Waals surface area (Å²) in [5.41, 5.74) is 1.24. The van der Waals surface area contributed by atoms with E-state index in [1.807, 2.05) is 18.2 Å². The number of rotatable bonds is 3. The summed E-state index contributed by atoms with van der Waals surface area (Å²) in [5, 5.41) is 1.88. The van der Waals surface area contributed by atoms with E-state index in [1.165, 1.54) is 5.69 Å². The average molecular weight is 304 g/mol. The summed E-state index contributed by atoms with van der Waals surface area (Å²) in [6, 6.07) is 8.11. The summed E-state index contributed by atoms with van der Waals surface area (Å²) in [6.07, 6.45) is 0. The van der Waals surface area contributed by atoms with Gasteiger partial charge in [0.15, 0.2) is 0 Å². The van der Waals surface area contributed by atoms with Crippen molar-refractivity contribution in [1.29, 1.82) is 0 Å². The Balaban J connectivity index is 1.94. The molecule has 0 aromatic heterocycles. The number of alkyl halides is 1. The number of piperazine rings is 1. The number of hydrogen-bond acceptors (Lipinski definition) is 2. The van der Waals surface area contributed by atoms with Gasteiger partial charge in [0.25, 0.3) is 0 Å². The van der Waals surface area contributed by atoms with Gasteiger partial charge >= 0.3 is 0 Å². The predicted molar refractivity (Wildman–Crippen MR) is 73.9 cm³/mol. The number of anilines is 1. The van der Waals surface area contributed by atoms with Crippen molar-refractivity contribution in [2.24, 2.45) is 0 Å². The van der Waals surface area contributed by atoms with Gasteiger partial charge in [-0.15, -0.1) is 0 Å². The Bertz CT molecular complexity index is 338. The molecule has 16 heavy (non-hydrogen) atoms. The summed E-state index contributed by atoms with van der Waals surface area (Å²) < 4.78 is 0. The summed E-state index contributed by atoms with van der Waals surface area (Å²) >= 11 is 9.48. The van der Waals surface area contributed by atoms with Crippen LogP contribution in [0.1, 0.15) is 0 Å². The molecule has 0 N–H and O–H groups in total. The molecule has 0 spiro atoms. The highest BCUT2D eigenvalue weighted by Crippen LogP contribution is 2.20. The van der Waals surface area contributed by atoms with Gasteiger partial charge in [-0.25, -0.2) is 0 Å². The van der Waals surface area contributed by atoms with Crippen LogP contribution < -0.4 is 4.90 Å². The Hall–Kier alpha value is -0.250. The average Bonchev–Trinajstić information content (AvgIpc) is 2.30. The monoisotopic (exact) mass is 302 g/mol. The minimum Gasteiger partial charge on any atom is -0.369 e. The molecular formula is C12H16BrClN2. The molecule has 88 valence electrons. The van der Waals surface area contributed by atoms with Crippen molar-refractivity contribution in [2.75, 3.05) is 43.0 Å². The summed E-state index contributed by atoms with van der Waals surface area (Å²) in [4.78, 5) is 4.88. The first-order chi connectivity index (χ1) is 7.79. The van der Waals surface area contributed by atoms with Crippen LogP contribution in [-0.2, 0) is 0 Å². The van der Waals surface area contributed by atoms with Crippen LogP contribution in [0, 0.1) is 0 Å². The van der Waals surface area contributed by atoms with Crippen molar-refractivity contribution in [2.45, 2.75) is 0 Å². The minimum atomic E-state index is 0.820. The van der Waals surface area contributed by atoms with Crippen LogP contribution in [0.2, 0.25) is 5.02 Å². The Morgan fingerprint density at radius 2 is 1.94 bits per heavy atom. The Morgan fingerprint density at radius 1 is 1.19 bits per heavy atom. The highest BCUT2D eigenvalue weighted by Gasteiger charge is 2.16. The van der Waals surface area contributed by atoms with Crippen LogP contribution in [0.15, 0.2) is 24.3 Å². The molecule has 1 saturated heterocycles.